The minimum atomic E-state index is -4.50. The Morgan fingerprint density at radius 3 is 2.38 bits per heavy atom. The summed E-state index contributed by atoms with van der Waals surface area (Å²) in [5, 5.41) is 0. The highest BCUT2D eigenvalue weighted by Gasteiger charge is 2.33. The van der Waals surface area contributed by atoms with Crippen LogP contribution >= 0.6 is 11.8 Å². The number of carbonyl (C=O) groups excluding carboxylic acids is 1. The van der Waals surface area contributed by atoms with Gasteiger partial charge in [0, 0.05) is 10.5 Å². The van der Waals surface area contributed by atoms with Crippen molar-refractivity contribution in [3.05, 3.63) is 65.2 Å². The molecule has 0 fully saturated rings. The molecular weight excluding hydrogens is 333 g/mol. The molecule has 24 heavy (non-hydrogen) atoms. The summed E-state index contributed by atoms with van der Waals surface area (Å²) < 4.78 is 38.7. The van der Waals surface area contributed by atoms with Crippen molar-refractivity contribution < 1.29 is 18.0 Å². The fourth-order valence-corrected chi connectivity index (χ4v) is 3.37. The highest BCUT2D eigenvalue weighted by molar-refractivity contribution is 7.99. The van der Waals surface area contributed by atoms with E-state index < -0.39 is 11.7 Å². The molecule has 0 aliphatic heterocycles. The van der Waals surface area contributed by atoms with Gasteiger partial charge in [0.15, 0.2) is 6.29 Å². The summed E-state index contributed by atoms with van der Waals surface area (Å²) in [5.41, 5.74) is 0.144. The van der Waals surface area contributed by atoms with Crippen molar-refractivity contribution in [3.63, 3.8) is 0 Å². The maximum atomic E-state index is 12.9. The van der Waals surface area contributed by atoms with Gasteiger partial charge in [0.05, 0.1) is 5.56 Å². The average Bonchev–Trinajstić information content (AvgIpc) is 2.58. The molecule has 0 aromatic heterocycles. The predicted octanol–water partition coefficient (Wildman–Crippen LogP) is 6.02. The van der Waals surface area contributed by atoms with Gasteiger partial charge in [-0.3, -0.25) is 4.79 Å². The molecule has 0 N–H and O–H groups in total. The minimum Gasteiger partial charge on any atom is -0.298 e. The molecule has 0 saturated carbocycles. The third-order valence-corrected chi connectivity index (χ3v) is 4.76. The van der Waals surface area contributed by atoms with E-state index in [9.17, 15) is 18.0 Å². The van der Waals surface area contributed by atoms with Gasteiger partial charge in [0.1, 0.15) is 0 Å². The van der Waals surface area contributed by atoms with Crippen LogP contribution in [0.25, 0.3) is 0 Å². The van der Waals surface area contributed by atoms with E-state index in [2.05, 4.69) is 12.1 Å². The Morgan fingerprint density at radius 2 is 1.71 bits per heavy atom. The molecule has 2 aromatic carbocycles. The summed E-state index contributed by atoms with van der Waals surface area (Å²) >= 11 is 1.40. The van der Waals surface area contributed by atoms with E-state index in [0.29, 0.717) is 4.90 Å². The first-order chi connectivity index (χ1) is 11.5. The molecule has 2 aromatic rings. The lowest BCUT2D eigenvalue weighted by Crippen LogP contribution is -2.08. The largest absolute Gasteiger partial charge is 0.417 e. The molecule has 1 nitrogen and oxygen atoms in total. The molecule has 5 heteroatoms. The molecule has 0 atom stereocenters. The monoisotopic (exact) mass is 352 g/mol. The molecule has 0 unspecified atom stereocenters. The Bertz CT molecular complexity index is 653. The standard InChI is InChI=1S/C19H19F3OS/c20-19(21,22)18-13-17(11-10-16(18)14-23)24-12-6-2-5-9-15-7-3-1-4-8-15/h1,3-4,7-8,10-11,13-14H,2,5-6,9,12H2. The number of hydrogen-bond donors (Lipinski definition) is 0. The van der Waals surface area contributed by atoms with Crippen molar-refractivity contribution in [1.82, 2.24) is 0 Å². The van der Waals surface area contributed by atoms with Crippen LogP contribution in [0.15, 0.2) is 53.4 Å². The lowest BCUT2D eigenvalue weighted by molar-refractivity contribution is -0.138. The third kappa shape index (κ3) is 5.71. The van der Waals surface area contributed by atoms with Gasteiger partial charge >= 0.3 is 6.18 Å². The number of unbranched alkanes of at least 4 members (excludes halogenated alkanes) is 2. The maximum Gasteiger partial charge on any atom is 0.417 e. The summed E-state index contributed by atoms with van der Waals surface area (Å²) in [7, 11) is 0. The molecule has 0 aliphatic rings. The molecule has 0 spiro atoms. The topological polar surface area (TPSA) is 17.1 Å². The van der Waals surface area contributed by atoms with E-state index >= 15 is 0 Å². The highest BCUT2D eigenvalue weighted by atomic mass is 32.2. The zero-order chi connectivity index (χ0) is 17.4. The fraction of sp³-hybridized carbons (Fsp3) is 0.316. The summed E-state index contributed by atoms with van der Waals surface area (Å²) in [6.45, 7) is 0. The summed E-state index contributed by atoms with van der Waals surface area (Å²) in [6.07, 6.45) is -0.154. The van der Waals surface area contributed by atoms with E-state index in [1.165, 1.54) is 23.4 Å². The Kier molecular flexibility index (Phi) is 6.91. The second-order valence-corrected chi connectivity index (χ2v) is 6.68. The fourth-order valence-electron chi connectivity index (χ4n) is 2.42. The van der Waals surface area contributed by atoms with E-state index in [4.69, 9.17) is 0 Å². The average molecular weight is 352 g/mol. The van der Waals surface area contributed by atoms with Crippen LogP contribution in [0.2, 0.25) is 0 Å². The van der Waals surface area contributed by atoms with Crippen LogP contribution < -0.4 is 0 Å². The van der Waals surface area contributed by atoms with Crippen molar-refractivity contribution in [2.24, 2.45) is 0 Å². The molecule has 0 aliphatic carbocycles. The van der Waals surface area contributed by atoms with Crippen LogP contribution in [0.5, 0.6) is 0 Å². The molecule has 128 valence electrons. The molecule has 0 amide bonds. The van der Waals surface area contributed by atoms with Crippen LogP contribution in [0, 0.1) is 0 Å². The first-order valence-corrected chi connectivity index (χ1v) is 8.82. The Hall–Kier alpha value is -1.75. The summed E-state index contributed by atoms with van der Waals surface area (Å²) in [4.78, 5) is 11.3. The molecule has 2 rings (SSSR count). The van der Waals surface area contributed by atoms with Crippen molar-refractivity contribution in [2.45, 2.75) is 36.8 Å². The normalized spacial score (nSPS) is 11.5. The number of carbonyl (C=O) groups is 1. The number of halogens is 3. The summed E-state index contributed by atoms with van der Waals surface area (Å²) in [5.74, 6) is 0.770. The number of rotatable bonds is 8. The first kappa shape index (κ1) is 18.6. The lowest BCUT2D eigenvalue weighted by atomic mass is 10.1. The van der Waals surface area contributed by atoms with Gasteiger partial charge in [-0.2, -0.15) is 13.2 Å². The van der Waals surface area contributed by atoms with Crippen molar-refractivity contribution in [1.29, 1.82) is 0 Å². The highest BCUT2D eigenvalue weighted by Crippen LogP contribution is 2.34. The van der Waals surface area contributed by atoms with E-state index in [-0.39, 0.29) is 11.8 Å². The zero-order valence-electron chi connectivity index (χ0n) is 13.2. The SMILES string of the molecule is O=Cc1ccc(SCCCCCc2ccccc2)cc1C(F)(F)F. The number of benzene rings is 2. The van der Waals surface area contributed by atoms with Crippen molar-refractivity contribution in [2.75, 3.05) is 5.75 Å². The first-order valence-electron chi connectivity index (χ1n) is 7.84. The van der Waals surface area contributed by atoms with Crippen LogP contribution in [0.1, 0.15) is 40.7 Å². The summed E-state index contributed by atoms with van der Waals surface area (Å²) in [6, 6.07) is 14.1. The van der Waals surface area contributed by atoms with Gasteiger partial charge in [-0.1, -0.05) is 36.8 Å². The second kappa shape index (κ2) is 8.92. The van der Waals surface area contributed by atoms with Crippen LogP contribution in [0.4, 0.5) is 13.2 Å². The quantitative estimate of drug-likeness (QED) is 0.328. The van der Waals surface area contributed by atoms with Crippen molar-refractivity contribution in [3.8, 4) is 0 Å². The van der Waals surface area contributed by atoms with E-state index in [1.54, 1.807) is 6.07 Å². The number of aryl methyl sites for hydroxylation is 1. The molecule has 0 radical (unpaired) electrons. The molecule has 0 heterocycles. The van der Waals surface area contributed by atoms with Gasteiger partial charge in [-0.05, 0) is 48.8 Å². The van der Waals surface area contributed by atoms with Crippen molar-refractivity contribution >= 4 is 18.0 Å². The van der Waals surface area contributed by atoms with Gasteiger partial charge < -0.3 is 0 Å². The maximum absolute atomic E-state index is 12.9. The predicted molar refractivity (Wildman–Crippen MR) is 91.6 cm³/mol. The van der Waals surface area contributed by atoms with Gasteiger partial charge in [0.25, 0.3) is 0 Å². The van der Waals surface area contributed by atoms with Gasteiger partial charge in [-0.25, -0.2) is 0 Å². The number of alkyl halides is 3. The van der Waals surface area contributed by atoms with Crippen LogP contribution in [0.3, 0.4) is 0 Å². The zero-order valence-corrected chi connectivity index (χ0v) is 14.0. The minimum absolute atomic E-state index is 0.251. The number of aldehydes is 1. The molecular formula is C19H19F3OS. The van der Waals surface area contributed by atoms with Gasteiger partial charge in [0.2, 0.25) is 0 Å². The number of hydrogen-bond acceptors (Lipinski definition) is 2. The Morgan fingerprint density at radius 1 is 0.958 bits per heavy atom. The lowest BCUT2D eigenvalue weighted by Gasteiger charge is -2.11. The third-order valence-electron chi connectivity index (χ3n) is 3.68. The molecule has 0 saturated heterocycles. The van der Waals surface area contributed by atoms with E-state index in [1.807, 2.05) is 18.2 Å². The molecule has 0 bridgehead atoms. The smallest absolute Gasteiger partial charge is 0.298 e. The van der Waals surface area contributed by atoms with Gasteiger partial charge in [-0.15, -0.1) is 11.8 Å². The van der Waals surface area contributed by atoms with E-state index in [0.717, 1.165) is 37.5 Å². The Labute approximate surface area is 144 Å². The number of thioether (sulfide) groups is 1. The Balaban J connectivity index is 1.77. The second-order valence-electron chi connectivity index (χ2n) is 5.51. The van der Waals surface area contributed by atoms with Crippen LogP contribution in [-0.2, 0) is 12.6 Å². The van der Waals surface area contributed by atoms with Crippen LogP contribution in [-0.4, -0.2) is 12.0 Å².